The first-order chi connectivity index (χ1) is 10.9. The predicted molar refractivity (Wildman–Crippen MR) is 89.3 cm³/mol. The molecule has 0 atom stereocenters. The summed E-state index contributed by atoms with van der Waals surface area (Å²) in [5, 5.41) is 31.5. The van der Waals surface area contributed by atoms with Crippen LogP contribution in [0.2, 0.25) is 0 Å². The summed E-state index contributed by atoms with van der Waals surface area (Å²) >= 11 is 0. The molecule has 2 N–H and O–H groups in total. The lowest BCUT2D eigenvalue weighted by Gasteiger charge is -2.14. The van der Waals surface area contributed by atoms with Gasteiger partial charge in [-0.1, -0.05) is 0 Å². The molecule has 0 saturated heterocycles. The molecule has 2 aromatic carbocycles. The van der Waals surface area contributed by atoms with Gasteiger partial charge in [0.1, 0.15) is 17.1 Å². The SMILES string of the molecule is CNc1cc(N(C)C)ccc1N=Nc1cc([N+](=O)[O-])ccc1O. The number of anilines is 2. The number of nitrogens with zero attached hydrogens (tertiary/aromatic N) is 4. The molecule has 0 aromatic heterocycles. The highest BCUT2D eigenvalue weighted by atomic mass is 16.6. The lowest BCUT2D eigenvalue weighted by Crippen LogP contribution is -2.08. The Kier molecular flexibility index (Phi) is 4.75. The third kappa shape index (κ3) is 3.73. The van der Waals surface area contributed by atoms with E-state index >= 15 is 0 Å². The monoisotopic (exact) mass is 315 g/mol. The number of nitro benzene ring substituents is 1. The van der Waals surface area contributed by atoms with Gasteiger partial charge in [0.05, 0.1) is 10.6 Å². The minimum Gasteiger partial charge on any atom is -0.506 e. The number of phenolic OH excluding ortho intramolecular Hbond substituents is 1. The minimum atomic E-state index is -0.552. The van der Waals surface area contributed by atoms with Gasteiger partial charge in [0, 0.05) is 39.0 Å². The van der Waals surface area contributed by atoms with Crippen LogP contribution in [-0.2, 0) is 0 Å². The Hall–Kier alpha value is -3.16. The number of benzene rings is 2. The quantitative estimate of drug-likeness (QED) is 0.496. The minimum absolute atomic E-state index is 0.0398. The molecule has 0 bridgehead atoms. The van der Waals surface area contributed by atoms with Gasteiger partial charge in [-0.25, -0.2) is 0 Å². The van der Waals surface area contributed by atoms with E-state index in [2.05, 4.69) is 15.5 Å². The van der Waals surface area contributed by atoms with Crippen LogP contribution in [-0.4, -0.2) is 31.2 Å². The molecule has 0 radical (unpaired) electrons. The average molecular weight is 315 g/mol. The van der Waals surface area contributed by atoms with Gasteiger partial charge in [0.25, 0.3) is 5.69 Å². The smallest absolute Gasteiger partial charge is 0.271 e. The highest BCUT2D eigenvalue weighted by Crippen LogP contribution is 2.34. The maximum absolute atomic E-state index is 10.8. The third-order valence-corrected chi connectivity index (χ3v) is 3.20. The number of nitro groups is 1. The van der Waals surface area contributed by atoms with Gasteiger partial charge in [-0.05, 0) is 24.3 Å². The number of non-ortho nitro benzene ring substituents is 1. The molecule has 0 unspecified atom stereocenters. The van der Waals surface area contributed by atoms with Crippen molar-refractivity contribution in [3.05, 3.63) is 46.5 Å². The molecular weight excluding hydrogens is 298 g/mol. The van der Waals surface area contributed by atoms with E-state index in [1.165, 1.54) is 18.2 Å². The van der Waals surface area contributed by atoms with Crippen molar-refractivity contribution < 1.29 is 10.0 Å². The highest BCUT2D eigenvalue weighted by Gasteiger charge is 2.10. The van der Waals surface area contributed by atoms with Gasteiger partial charge in [-0.3, -0.25) is 10.1 Å². The Morgan fingerprint density at radius 1 is 1.13 bits per heavy atom. The maximum Gasteiger partial charge on any atom is 0.271 e. The van der Waals surface area contributed by atoms with E-state index in [4.69, 9.17) is 0 Å². The van der Waals surface area contributed by atoms with Crippen LogP contribution < -0.4 is 10.2 Å². The first-order valence-electron chi connectivity index (χ1n) is 6.80. The van der Waals surface area contributed by atoms with Crippen molar-refractivity contribution in [1.82, 2.24) is 0 Å². The van der Waals surface area contributed by atoms with E-state index in [1.807, 2.05) is 31.1 Å². The Balaban J connectivity index is 2.37. The Labute approximate surface area is 133 Å². The second-order valence-electron chi connectivity index (χ2n) is 4.98. The van der Waals surface area contributed by atoms with E-state index in [9.17, 15) is 15.2 Å². The van der Waals surface area contributed by atoms with Crippen LogP contribution in [0, 0.1) is 10.1 Å². The van der Waals surface area contributed by atoms with Crippen molar-refractivity contribution in [2.24, 2.45) is 10.2 Å². The first kappa shape index (κ1) is 16.2. The van der Waals surface area contributed by atoms with Crippen LogP contribution in [0.5, 0.6) is 5.75 Å². The lowest BCUT2D eigenvalue weighted by atomic mass is 10.2. The number of phenols is 1. The van der Waals surface area contributed by atoms with Gasteiger partial charge in [-0.2, -0.15) is 0 Å². The number of nitrogens with one attached hydrogen (secondary N) is 1. The van der Waals surface area contributed by atoms with Crippen LogP contribution in [0.4, 0.5) is 28.4 Å². The van der Waals surface area contributed by atoms with E-state index < -0.39 is 4.92 Å². The molecule has 0 aliphatic heterocycles. The molecule has 0 saturated carbocycles. The number of hydrogen-bond acceptors (Lipinski definition) is 7. The second kappa shape index (κ2) is 6.73. The molecule has 0 aliphatic rings. The molecule has 8 nitrogen and oxygen atoms in total. The van der Waals surface area contributed by atoms with Crippen molar-refractivity contribution in [1.29, 1.82) is 0 Å². The summed E-state index contributed by atoms with van der Waals surface area (Å²) in [6, 6.07) is 9.16. The second-order valence-corrected chi connectivity index (χ2v) is 4.98. The van der Waals surface area contributed by atoms with Gasteiger partial charge in [-0.15, -0.1) is 10.2 Å². The van der Waals surface area contributed by atoms with Crippen LogP contribution in [0.1, 0.15) is 0 Å². The van der Waals surface area contributed by atoms with Crippen LogP contribution in [0.3, 0.4) is 0 Å². The Bertz CT molecular complexity index is 759. The fourth-order valence-electron chi connectivity index (χ4n) is 1.90. The van der Waals surface area contributed by atoms with E-state index in [1.54, 1.807) is 13.1 Å². The summed E-state index contributed by atoms with van der Waals surface area (Å²) < 4.78 is 0. The molecule has 0 aliphatic carbocycles. The lowest BCUT2D eigenvalue weighted by molar-refractivity contribution is -0.384. The number of rotatable bonds is 5. The molecule has 2 aromatic rings. The largest absolute Gasteiger partial charge is 0.506 e. The zero-order chi connectivity index (χ0) is 17.0. The van der Waals surface area contributed by atoms with E-state index in [-0.39, 0.29) is 17.1 Å². The zero-order valence-electron chi connectivity index (χ0n) is 13.0. The predicted octanol–water partition coefficient (Wildman–Crippen LogP) is 3.82. The van der Waals surface area contributed by atoms with Crippen molar-refractivity contribution in [2.45, 2.75) is 0 Å². The normalized spacial score (nSPS) is 10.7. The summed E-state index contributed by atoms with van der Waals surface area (Å²) in [4.78, 5) is 12.2. The van der Waals surface area contributed by atoms with Crippen molar-refractivity contribution in [3.8, 4) is 5.75 Å². The zero-order valence-corrected chi connectivity index (χ0v) is 13.0. The molecule has 2 rings (SSSR count). The summed E-state index contributed by atoms with van der Waals surface area (Å²) in [7, 11) is 5.62. The van der Waals surface area contributed by atoms with Crippen molar-refractivity contribution in [3.63, 3.8) is 0 Å². The van der Waals surface area contributed by atoms with Gasteiger partial charge in [0.2, 0.25) is 0 Å². The number of azo groups is 1. The third-order valence-electron chi connectivity index (χ3n) is 3.20. The van der Waals surface area contributed by atoms with Gasteiger partial charge < -0.3 is 15.3 Å². The standard InChI is InChI=1S/C15H17N5O3/c1-16-13-8-10(19(2)3)4-6-12(13)17-18-14-9-11(20(22)23)5-7-15(14)21/h4-9,16,21H,1-3H3. The fourth-order valence-corrected chi connectivity index (χ4v) is 1.90. The average Bonchev–Trinajstić information content (AvgIpc) is 2.53. The van der Waals surface area contributed by atoms with Gasteiger partial charge in [0.15, 0.2) is 0 Å². The summed E-state index contributed by atoms with van der Waals surface area (Å²) in [6.07, 6.45) is 0. The molecule has 0 heterocycles. The van der Waals surface area contributed by atoms with Crippen LogP contribution in [0.25, 0.3) is 0 Å². The Morgan fingerprint density at radius 2 is 1.83 bits per heavy atom. The molecule has 8 heteroatoms. The summed E-state index contributed by atoms with van der Waals surface area (Å²) in [6.45, 7) is 0. The summed E-state index contributed by atoms with van der Waals surface area (Å²) in [5.41, 5.74) is 2.19. The molecule has 23 heavy (non-hydrogen) atoms. The number of hydrogen-bond donors (Lipinski definition) is 2. The van der Waals surface area contributed by atoms with Crippen LogP contribution in [0.15, 0.2) is 46.6 Å². The van der Waals surface area contributed by atoms with Gasteiger partial charge >= 0.3 is 0 Å². The molecule has 0 fully saturated rings. The summed E-state index contributed by atoms with van der Waals surface area (Å²) in [5.74, 6) is -0.171. The Morgan fingerprint density at radius 3 is 2.43 bits per heavy atom. The van der Waals surface area contributed by atoms with Crippen LogP contribution >= 0.6 is 0 Å². The number of aromatic hydroxyl groups is 1. The topological polar surface area (TPSA) is 103 Å². The van der Waals surface area contributed by atoms with E-state index in [0.29, 0.717) is 5.69 Å². The van der Waals surface area contributed by atoms with E-state index in [0.717, 1.165) is 11.4 Å². The highest BCUT2D eigenvalue weighted by molar-refractivity contribution is 5.71. The maximum atomic E-state index is 10.8. The molecule has 0 amide bonds. The molecule has 0 spiro atoms. The molecule has 120 valence electrons. The fraction of sp³-hybridized carbons (Fsp3) is 0.200. The molecular formula is C15H17N5O3. The van der Waals surface area contributed by atoms with Crippen molar-refractivity contribution in [2.75, 3.05) is 31.4 Å². The van der Waals surface area contributed by atoms with Crippen molar-refractivity contribution >= 4 is 28.4 Å². The first-order valence-corrected chi connectivity index (χ1v) is 6.80.